The Labute approximate surface area is 244 Å². The standard InChI is InChI=1S/C31H41NO10/c1-16(33)42-31-18-19(39-3)20-27(15-38-2)11-8-12-28(20,22(18)32-14-27)30(37)13-29(36,25(40-4)23(31)34)24(21(30)31)41-26(35)17-9-6-5-7-10-17/h5-7,9-10,18-25,32,34,36-37H,8,11-15H2,1-4H3/t18-,19-,20+,21-,22+,23+,24+,25-,27-,28+,29+,30-,31-/m0/s1. The molecular formula is C31H41NO10. The summed E-state index contributed by atoms with van der Waals surface area (Å²) >= 11 is 0. The predicted octanol–water partition coefficient (Wildman–Crippen LogP) is 0.435. The Bertz CT molecular complexity index is 1280. The number of carbonyl (C=O) groups excluding carboxylic acids is 2. The Balaban J connectivity index is 1.49. The van der Waals surface area contributed by atoms with Gasteiger partial charge < -0.3 is 44.3 Å². The molecule has 0 unspecified atom stereocenters. The molecule has 5 saturated carbocycles. The summed E-state index contributed by atoms with van der Waals surface area (Å²) in [5, 5.41) is 41.8. The molecule has 11 nitrogen and oxygen atoms in total. The molecule has 42 heavy (non-hydrogen) atoms. The highest BCUT2D eigenvalue weighted by Crippen LogP contribution is 2.80. The molecule has 4 N–H and O–H groups in total. The van der Waals surface area contributed by atoms with E-state index >= 15 is 0 Å². The van der Waals surface area contributed by atoms with E-state index in [4.69, 9.17) is 23.7 Å². The molecule has 230 valence electrons. The average molecular weight is 588 g/mol. The van der Waals surface area contributed by atoms with Crippen LogP contribution in [0.2, 0.25) is 0 Å². The third kappa shape index (κ3) is 3.05. The number of rotatable bonds is 7. The van der Waals surface area contributed by atoms with Gasteiger partial charge in [-0.2, -0.15) is 0 Å². The molecular weight excluding hydrogens is 546 g/mol. The summed E-state index contributed by atoms with van der Waals surface area (Å²) in [5.74, 6) is -3.41. The van der Waals surface area contributed by atoms with Crippen LogP contribution in [0.1, 0.15) is 43.0 Å². The lowest BCUT2D eigenvalue weighted by molar-refractivity contribution is -0.322. The molecule has 1 aromatic rings. The first-order chi connectivity index (χ1) is 20.0. The zero-order valence-electron chi connectivity index (χ0n) is 24.4. The van der Waals surface area contributed by atoms with Crippen LogP contribution in [0.3, 0.4) is 0 Å². The van der Waals surface area contributed by atoms with Gasteiger partial charge in [-0.05, 0) is 25.0 Å². The minimum atomic E-state index is -1.97. The number of benzene rings is 1. The Morgan fingerprint density at radius 2 is 1.76 bits per heavy atom. The average Bonchev–Trinajstić information content (AvgIpc) is 3.27. The van der Waals surface area contributed by atoms with Crippen LogP contribution >= 0.6 is 0 Å². The summed E-state index contributed by atoms with van der Waals surface area (Å²) in [6, 6.07) is 7.98. The van der Waals surface area contributed by atoms with Crippen molar-refractivity contribution in [2.45, 2.75) is 79.9 Å². The van der Waals surface area contributed by atoms with Crippen LogP contribution in [-0.2, 0) is 28.5 Å². The number of hydrogen-bond donors (Lipinski definition) is 4. The number of carbonyl (C=O) groups is 2. The van der Waals surface area contributed by atoms with Gasteiger partial charge in [0.1, 0.15) is 23.9 Å². The summed E-state index contributed by atoms with van der Waals surface area (Å²) in [6.07, 6.45) is -2.77. The summed E-state index contributed by atoms with van der Waals surface area (Å²) in [7, 11) is 4.62. The van der Waals surface area contributed by atoms with Crippen LogP contribution in [0.25, 0.3) is 0 Å². The fraction of sp³-hybridized carbons (Fsp3) is 0.742. The molecule has 1 heterocycles. The molecule has 13 atom stereocenters. The van der Waals surface area contributed by atoms with Gasteiger partial charge in [-0.15, -0.1) is 0 Å². The monoisotopic (exact) mass is 587 g/mol. The molecule has 11 heteroatoms. The highest BCUT2D eigenvalue weighted by molar-refractivity contribution is 5.89. The highest BCUT2D eigenvalue weighted by atomic mass is 16.6. The highest BCUT2D eigenvalue weighted by Gasteiger charge is 2.93. The van der Waals surface area contributed by atoms with E-state index in [9.17, 15) is 24.9 Å². The third-order valence-electron chi connectivity index (χ3n) is 12.2. The van der Waals surface area contributed by atoms with Gasteiger partial charge in [0.25, 0.3) is 0 Å². The molecule has 1 spiro atoms. The van der Waals surface area contributed by atoms with Crippen LogP contribution in [0, 0.1) is 28.6 Å². The number of nitrogens with one attached hydrogen (secondary N) is 1. The number of piperidine rings is 1. The fourth-order valence-electron chi connectivity index (χ4n) is 11.5. The van der Waals surface area contributed by atoms with E-state index in [0.717, 1.165) is 12.8 Å². The quantitative estimate of drug-likeness (QED) is 0.329. The first kappa shape index (κ1) is 28.6. The van der Waals surface area contributed by atoms with Gasteiger partial charge in [0, 0.05) is 69.9 Å². The molecule has 1 aliphatic heterocycles. The number of fused-ring (bicyclic) bond motifs is 2. The maximum atomic E-state index is 13.6. The van der Waals surface area contributed by atoms with Gasteiger partial charge in [0.15, 0.2) is 5.60 Å². The van der Waals surface area contributed by atoms with Crippen molar-refractivity contribution in [3.63, 3.8) is 0 Å². The number of hydrogen-bond acceptors (Lipinski definition) is 11. The molecule has 0 aromatic heterocycles. The predicted molar refractivity (Wildman–Crippen MR) is 145 cm³/mol. The van der Waals surface area contributed by atoms with Crippen LogP contribution in [0.5, 0.6) is 0 Å². The van der Waals surface area contributed by atoms with Gasteiger partial charge in [-0.25, -0.2) is 4.79 Å². The second-order valence-electron chi connectivity index (χ2n) is 13.6. The van der Waals surface area contributed by atoms with Gasteiger partial charge in [-0.3, -0.25) is 4.79 Å². The maximum Gasteiger partial charge on any atom is 0.338 e. The minimum absolute atomic E-state index is 0.239. The second-order valence-corrected chi connectivity index (χ2v) is 13.6. The van der Waals surface area contributed by atoms with Gasteiger partial charge in [-0.1, -0.05) is 24.6 Å². The van der Waals surface area contributed by atoms with Crippen LogP contribution in [0.15, 0.2) is 30.3 Å². The lowest BCUT2D eigenvalue weighted by Gasteiger charge is -2.68. The topological polar surface area (TPSA) is 153 Å². The number of aliphatic hydroxyl groups is 3. The molecule has 7 bridgehead atoms. The SMILES string of the molecule is COC[C@]12CCC[C@]34[C@H](NC1)[C@H]([C@H](OC)[C@H]23)[C@@]1(OC(C)=O)[C@H](O)[C@H](OC)[C@@]2(O)C[C@]4(O)[C@@H]1[C@H]2OC(=O)c1ccccc1. The third-order valence-corrected chi connectivity index (χ3v) is 12.2. The minimum Gasteiger partial charge on any atom is -0.455 e. The van der Waals surface area contributed by atoms with Gasteiger partial charge in [0.05, 0.1) is 29.8 Å². The van der Waals surface area contributed by atoms with Gasteiger partial charge >= 0.3 is 11.9 Å². The first-order valence-corrected chi connectivity index (χ1v) is 14.9. The van der Waals surface area contributed by atoms with Crippen molar-refractivity contribution in [1.82, 2.24) is 5.32 Å². The Kier molecular flexibility index (Phi) is 6.27. The smallest absolute Gasteiger partial charge is 0.338 e. The lowest BCUT2D eigenvalue weighted by Crippen LogP contribution is -2.82. The molecule has 0 amide bonds. The van der Waals surface area contributed by atoms with E-state index in [-0.39, 0.29) is 17.9 Å². The van der Waals surface area contributed by atoms with E-state index in [0.29, 0.717) is 19.6 Å². The fourth-order valence-corrected chi connectivity index (χ4v) is 11.5. The summed E-state index contributed by atoms with van der Waals surface area (Å²) < 4.78 is 30.3. The molecule has 7 rings (SSSR count). The van der Waals surface area contributed by atoms with E-state index in [2.05, 4.69) is 5.32 Å². The van der Waals surface area contributed by atoms with E-state index in [1.165, 1.54) is 14.0 Å². The Morgan fingerprint density at radius 3 is 2.40 bits per heavy atom. The van der Waals surface area contributed by atoms with Crippen molar-refractivity contribution < 1.29 is 48.6 Å². The maximum absolute atomic E-state index is 13.6. The van der Waals surface area contributed by atoms with Gasteiger partial charge in [0.2, 0.25) is 0 Å². The zero-order chi connectivity index (χ0) is 29.9. The molecule has 6 fully saturated rings. The van der Waals surface area contributed by atoms with Crippen LogP contribution in [-0.4, -0.2) is 109 Å². The number of esters is 2. The van der Waals surface area contributed by atoms with E-state index < -0.39 is 81.9 Å². The van der Waals surface area contributed by atoms with E-state index in [1.807, 2.05) is 0 Å². The first-order valence-electron chi connectivity index (χ1n) is 14.9. The van der Waals surface area contributed by atoms with Crippen molar-refractivity contribution in [1.29, 1.82) is 0 Å². The lowest BCUT2D eigenvalue weighted by atomic mass is 9.42. The largest absolute Gasteiger partial charge is 0.455 e. The molecule has 1 aromatic carbocycles. The normalized spacial score (nSPS) is 51.2. The van der Waals surface area contributed by atoms with Crippen molar-refractivity contribution in [2.24, 2.45) is 28.6 Å². The number of ether oxygens (including phenoxy) is 5. The molecule has 6 aliphatic rings. The Hall–Kier alpha value is -2.12. The van der Waals surface area contributed by atoms with Crippen molar-refractivity contribution >= 4 is 11.9 Å². The second kappa shape index (κ2) is 9.20. The summed E-state index contributed by atoms with van der Waals surface area (Å²) in [6.45, 7) is 2.28. The van der Waals surface area contributed by atoms with Crippen molar-refractivity contribution in [3.8, 4) is 0 Å². The number of aliphatic hydroxyl groups excluding tert-OH is 1. The van der Waals surface area contributed by atoms with Crippen molar-refractivity contribution in [2.75, 3.05) is 34.5 Å². The van der Waals surface area contributed by atoms with Crippen molar-refractivity contribution in [3.05, 3.63) is 35.9 Å². The van der Waals surface area contributed by atoms with Crippen LogP contribution < -0.4 is 5.32 Å². The molecule has 5 aliphatic carbocycles. The zero-order valence-corrected chi connectivity index (χ0v) is 24.4. The summed E-state index contributed by atoms with van der Waals surface area (Å²) in [5.41, 5.74) is -6.52. The van der Waals surface area contributed by atoms with Crippen LogP contribution in [0.4, 0.5) is 0 Å². The summed E-state index contributed by atoms with van der Waals surface area (Å²) in [4.78, 5) is 26.6. The molecule has 0 radical (unpaired) electrons. The molecule has 1 saturated heterocycles. The van der Waals surface area contributed by atoms with E-state index in [1.54, 1.807) is 44.6 Å². The number of methoxy groups -OCH3 is 3. The Morgan fingerprint density at radius 1 is 1.02 bits per heavy atom.